The van der Waals surface area contributed by atoms with Gasteiger partial charge in [0.1, 0.15) is 0 Å². The summed E-state index contributed by atoms with van der Waals surface area (Å²) in [5.74, 6) is -0.604. The standard InChI is InChI=1S/C16H13NO3/c1-10-2-7-13-14(8-10)16(20)17(15(13)19)12-5-3-11(9-18)4-6-12/h2-8,18H,9H2,1H3. The first-order valence-corrected chi connectivity index (χ1v) is 6.31. The van der Waals surface area contributed by atoms with Gasteiger partial charge in [0, 0.05) is 0 Å². The molecule has 1 heterocycles. The lowest BCUT2D eigenvalue weighted by Gasteiger charge is -2.14. The van der Waals surface area contributed by atoms with Crippen LogP contribution in [0.25, 0.3) is 0 Å². The summed E-state index contributed by atoms with van der Waals surface area (Å²) < 4.78 is 0. The average molecular weight is 267 g/mol. The highest BCUT2D eigenvalue weighted by Crippen LogP contribution is 2.29. The molecule has 100 valence electrons. The molecular weight excluding hydrogens is 254 g/mol. The first-order valence-electron chi connectivity index (χ1n) is 6.31. The van der Waals surface area contributed by atoms with Gasteiger partial charge in [-0.05, 0) is 36.8 Å². The van der Waals surface area contributed by atoms with Crippen LogP contribution in [-0.4, -0.2) is 16.9 Å². The van der Waals surface area contributed by atoms with Crippen molar-refractivity contribution in [3.8, 4) is 0 Å². The number of nitrogens with zero attached hydrogens (tertiary/aromatic N) is 1. The van der Waals surface area contributed by atoms with Crippen LogP contribution in [0.5, 0.6) is 0 Å². The minimum Gasteiger partial charge on any atom is -0.392 e. The van der Waals surface area contributed by atoms with Gasteiger partial charge in [-0.3, -0.25) is 9.59 Å². The lowest BCUT2D eigenvalue weighted by molar-refractivity contribution is 0.0926. The third-order valence-electron chi connectivity index (χ3n) is 3.42. The van der Waals surface area contributed by atoms with Crippen molar-refractivity contribution < 1.29 is 14.7 Å². The summed E-state index contributed by atoms with van der Waals surface area (Å²) in [6.07, 6.45) is 0. The lowest BCUT2D eigenvalue weighted by Crippen LogP contribution is -2.29. The smallest absolute Gasteiger partial charge is 0.266 e. The number of hydrogen-bond donors (Lipinski definition) is 1. The van der Waals surface area contributed by atoms with Crippen molar-refractivity contribution in [3.05, 3.63) is 64.7 Å². The van der Waals surface area contributed by atoms with Crippen LogP contribution in [0.3, 0.4) is 0 Å². The Morgan fingerprint density at radius 3 is 2.25 bits per heavy atom. The first-order chi connectivity index (χ1) is 9.61. The highest BCUT2D eigenvalue weighted by Gasteiger charge is 2.36. The summed E-state index contributed by atoms with van der Waals surface area (Å²) in [5, 5.41) is 9.02. The van der Waals surface area contributed by atoms with Gasteiger partial charge in [0.25, 0.3) is 11.8 Å². The Balaban J connectivity index is 2.04. The molecule has 0 radical (unpaired) electrons. The van der Waals surface area contributed by atoms with Crippen LogP contribution in [-0.2, 0) is 6.61 Å². The number of imide groups is 1. The molecule has 0 unspecified atom stereocenters. The van der Waals surface area contributed by atoms with E-state index in [9.17, 15) is 9.59 Å². The second-order valence-electron chi connectivity index (χ2n) is 4.82. The number of aliphatic hydroxyl groups is 1. The number of carbonyl (C=O) groups excluding carboxylic acids is 2. The van der Waals surface area contributed by atoms with Gasteiger partial charge in [0.05, 0.1) is 23.4 Å². The summed E-state index contributed by atoms with van der Waals surface area (Å²) in [6, 6.07) is 12.0. The van der Waals surface area contributed by atoms with Crippen molar-refractivity contribution >= 4 is 17.5 Å². The highest BCUT2D eigenvalue weighted by atomic mass is 16.3. The number of hydrogen-bond acceptors (Lipinski definition) is 3. The lowest BCUT2D eigenvalue weighted by atomic mass is 10.1. The largest absolute Gasteiger partial charge is 0.392 e. The minimum atomic E-state index is -0.304. The van der Waals surface area contributed by atoms with Crippen LogP contribution in [0.15, 0.2) is 42.5 Å². The van der Waals surface area contributed by atoms with E-state index in [1.54, 1.807) is 36.4 Å². The van der Waals surface area contributed by atoms with Gasteiger partial charge in [0.15, 0.2) is 0 Å². The Hall–Kier alpha value is -2.46. The molecule has 0 spiro atoms. The number of anilines is 1. The predicted octanol–water partition coefficient (Wildman–Crippen LogP) is 2.29. The van der Waals surface area contributed by atoms with Crippen molar-refractivity contribution in [2.24, 2.45) is 0 Å². The molecular formula is C16H13NO3. The topological polar surface area (TPSA) is 57.6 Å². The van der Waals surface area contributed by atoms with E-state index < -0.39 is 0 Å². The molecule has 0 aromatic heterocycles. The van der Waals surface area contributed by atoms with E-state index in [2.05, 4.69) is 0 Å². The molecule has 0 fully saturated rings. The van der Waals surface area contributed by atoms with E-state index in [1.807, 2.05) is 13.0 Å². The fraction of sp³-hybridized carbons (Fsp3) is 0.125. The average Bonchev–Trinajstić information content (AvgIpc) is 2.71. The number of aryl methyl sites for hydroxylation is 1. The van der Waals surface area contributed by atoms with Crippen LogP contribution >= 0.6 is 0 Å². The fourth-order valence-corrected chi connectivity index (χ4v) is 2.34. The van der Waals surface area contributed by atoms with Gasteiger partial charge in [-0.2, -0.15) is 0 Å². The molecule has 1 N–H and O–H groups in total. The van der Waals surface area contributed by atoms with Crippen molar-refractivity contribution in [1.82, 2.24) is 0 Å². The van der Waals surface area contributed by atoms with Crippen LogP contribution in [0.4, 0.5) is 5.69 Å². The zero-order chi connectivity index (χ0) is 14.3. The summed E-state index contributed by atoms with van der Waals surface area (Å²) in [6.45, 7) is 1.82. The SMILES string of the molecule is Cc1ccc2c(c1)C(=O)N(c1ccc(CO)cc1)C2=O. The Labute approximate surface area is 116 Å². The summed E-state index contributed by atoms with van der Waals surface area (Å²) in [5.41, 5.74) is 3.09. The van der Waals surface area contributed by atoms with Crippen LogP contribution in [0.2, 0.25) is 0 Å². The second kappa shape index (κ2) is 4.58. The molecule has 0 aliphatic carbocycles. The molecule has 4 nitrogen and oxygen atoms in total. The normalized spacial score (nSPS) is 13.8. The van der Waals surface area contributed by atoms with E-state index >= 15 is 0 Å². The van der Waals surface area contributed by atoms with Crippen molar-refractivity contribution in [2.45, 2.75) is 13.5 Å². The number of aliphatic hydroxyl groups excluding tert-OH is 1. The van der Waals surface area contributed by atoms with Gasteiger partial charge in [-0.15, -0.1) is 0 Å². The van der Waals surface area contributed by atoms with Crippen LogP contribution < -0.4 is 4.90 Å². The Kier molecular flexibility index (Phi) is 2.88. The maximum atomic E-state index is 12.4. The predicted molar refractivity (Wildman–Crippen MR) is 74.7 cm³/mol. The van der Waals surface area contributed by atoms with E-state index in [0.717, 1.165) is 11.1 Å². The molecule has 0 saturated carbocycles. The van der Waals surface area contributed by atoms with Gasteiger partial charge in [-0.25, -0.2) is 4.90 Å². The summed E-state index contributed by atoms with van der Waals surface area (Å²) in [7, 11) is 0. The van der Waals surface area contributed by atoms with Gasteiger partial charge in [0.2, 0.25) is 0 Å². The molecule has 20 heavy (non-hydrogen) atoms. The minimum absolute atomic E-state index is 0.0679. The molecule has 0 atom stereocenters. The zero-order valence-electron chi connectivity index (χ0n) is 11.0. The van der Waals surface area contributed by atoms with Crippen molar-refractivity contribution in [2.75, 3.05) is 4.90 Å². The highest BCUT2D eigenvalue weighted by molar-refractivity contribution is 6.34. The molecule has 2 aromatic carbocycles. The monoisotopic (exact) mass is 267 g/mol. The summed E-state index contributed by atoms with van der Waals surface area (Å²) >= 11 is 0. The molecule has 4 heteroatoms. The maximum absolute atomic E-state index is 12.4. The third-order valence-corrected chi connectivity index (χ3v) is 3.42. The molecule has 2 amide bonds. The number of benzene rings is 2. The number of fused-ring (bicyclic) bond motifs is 1. The number of rotatable bonds is 2. The summed E-state index contributed by atoms with van der Waals surface area (Å²) in [4.78, 5) is 25.9. The van der Waals surface area contributed by atoms with Gasteiger partial charge in [-0.1, -0.05) is 23.8 Å². The molecule has 1 aliphatic heterocycles. The quantitative estimate of drug-likeness (QED) is 0.849. The fourth-order valence-electron chi connectivity index (χ4n) is 2.34. The molecule has 0 bridgehead atoms. The van der Waals surface area contributed by atoms with Gasteiger partial charge < -0.3 is 5.11 Å². The molecule has 1 aliphatic rings. The third kappa shape index (κ3) is 1.82. The number of amides is 2. The van der Waals surface area contributed by atoms with E-state index in [0.29, 0.717) is 16.8 Å². The Morgan fingerprint density at radius 1 is 0.950 bits per heavy atom. The second-order valence-corrected chi connectivity index (χ2v) is 4.82. The zero-order valence-corrected chi connectivity index (χ0v) is 11.0. The van der Waals surface area contributed by atoms with Crippen molar-refractivity contribution in [3.63, 3.8) is 0 Å². The Bertz CT molecular complexity index is 704. The first kappa shape index (κ1) is 12.6. The van der Waals surface area contributed by atoms with Crippen LogP contribution in [0, 0.1) is 6.92 Å². The van der Waals surface area contributed by atoms with Gasteiger partial charge >= 0.3 is 0 Å². The van der Waals surface area contributed by atoms with Crippen molar-refractivity contribution in [1.29, 1.82) is 0 Å². The van der Waals surface area contributed by atoms with E-state index in [1.165, 1.54) is 4.90 Å². The maximum Gasteiger partial charge on any atom is 0.266 e. The molecule has 2 aromatic rings. The Morgan fingerprint density at radius 2 is 1.60 bits per heavy atom. The number of carbonyl (C=O) groups is 2. The molecule has 0 saturated heterocycles. The van der Waals surface area contributed by atoms with Crippen LogP contribution in [0.1, 0.15) is 31.8 Å². The van der Waals surface area contributed by atoms with E-state index in [4.69, 9.17) is 5.11 Å². The van der Waals surface area contributed by atoms with E-state index in [-0.39, 0.29) is 18.4 Å². The molecule has 3 rings (SSSR count).